The van der Waals surface area contributed by atoms with Crippen LogP contribution in [0.1, 0.15) is 19.8 Å². The van der Waals surface area contributed by atoms with Gasteiger partial charge in [0.15, 0.2) is 11.6 Å². The van der Waals surface area contributed by atoms with Crippen molar-refractivity contribution in [2.75, 3.05) is 13.1 Å². The molecule has 7 heteroatoms. The summed E-state index contributed by atoms with van der Waals surface area (Å²) in [5.41, 5.74) is 0. The second-order valence-corrected chi connectivity index (χ2v) is 5.17. The van der Waals surface area contributed by atoms with Crippen LogP contribution in [0.15, 0.2) is 24.3 Å². The van der Waals surface area contributed by atoms with Gasteiger partial charge in [-0.2, -0.15) is 0 Å². The van der Waals surface area contributed by atoms with Gasteiger partial charge in [-0.3, -0.25) is 4.79 Å². The van der Waals surface area contributed by atoms with Gasteiger partial charge in [0.2, 0.25) is 5.91 Å². The minimum atomic E-state index is -0.475. The lowest BCUT2D eigenvalue weighted by Gasteiger charge is -2.19. The molecule has 3 unspecified atom stereocenters. The predicted octanol–water partition coefficient (Wildman–Crippen LogP) is 1.24. The third-order valence-electron chi connectivity index (χ3n) is 3.51. The maximum atomic E-state index is 13.5. The summed E-state index contributed by atoms with van der Waals surface area (Å²) < 4.78 is 19.1. The Labute approximate surface area is 135 Å². The number of carbonyl (C=O) groups is 1. The van der Waals surface area contributed by atoms with Gasteiger partial charge < -0.3 is 20.5 Å². The number of hydrogen-bond acceptors (Lipinski definition) is 4. The van der Waals surface area contributed by atoms with Crippen LogP contribution in [-0.4, -0.2) is 42.4 Å². The summed E-state index contributed by atoms with van der Waals surface area (Å²) in [5, 5.41) is 15.1. The van der Waals surface area contributed by atoms with Crippen LogP contribution in [0.5, 0.6) is 5.75 Å². The van der Waals surface area contributed by atoms with E-state index in [4.69, 9.17) is 4.74 Å². The van der Waals surface area contributed by atoms with E-state index in [-0.39, 0.29) is 36.2 Å². The predicted molar refractivity (Wildman–Crippen MR) is 83.8 cm³/mol. The lowest BCUT2D eigenvalue weighted by molar-refractivity contribution is -0.123. The molecule has 1 aromatic carbocycles. The van der Waals surface area contributed by atoms with Crippen molar-refractivity contribution >= 4 is 18.3 Å². The molecule has 0 saturated carbocycles. The highest BCUT2D eigenvalue weighted by Crippen LogP contribution is 2.17. The summed E-state index contributed by atoms with van der Waals surface area (Å²) in [6.07, 6.45) is 0.293. The van der Waals surface area contributed by atoms with Crippen LogP contribution in [0, 0.1) is 5.82 Å². The van der Waals surface area contributed by atoms with Crippen molar-refractivity contribution in [3.05, 3.63) is 30.1 Å². The minimum absolute atomic E-state index is 0. The summed E-state index contributed by atoms with van der Waals surface area (Å²) in [6, 6.07) is 5.83. The minimum Gasteiger partial charge on any atom is -0.486 e. The van der Waals surface area contributed by atoms with Crippen molar-refractivity contribution in [3.8, 4) is 5.75 Å². The molecule has 1 heterocycles. The van der Waals surface area contributed by atoms with E-state index in [9.17, 15) is 14.3 Å². The largest absolute Gasteiger partial charge is 0.486 e. The number of amides is 1. The molecule has 0 radical (unpaired) electrons. The molecule has 2 rings (SSSR count). The smallest absolute Gasteiger partial charge is 0.237 e. The van der Waals surface area contributed by atoms with Crippen LogP contribution < -0.4 is 15.4 Å². The molecule has 1 amide bonds. The first kappa shape index (κ1) is 18.7. The number of halogens is 2. The number of nitrogens with one attached hydrogen (secondary N) is 2. The van der Waals surface area contributed by atoms with Crippen molar-refractivity contribution in [1.82, 2.24) is 10.6 Å². The average Bonchev–Trinajstić information content (AvgIpc) is 2.91. The molecule has 1 saturated heterocycles. The van der Waals surface area contributed by atoms with Crippen LogP contribution >= 0.6 is 12.4 Å². The van der Waals surface area contributed by atoms with E-state index in [0.29, 0.717) is 25.9 Å². The van der Waals surface area contributed by atoms with Gasteiger partial charge in [-0.1, -0.05) is 19.1 Å². The fourth-order valence-electron chi connectivity index (χ4n) is 2.24. The maximum absolute atomic E-state index is 13.5. The molecule has 0 aliphatic carbocycles. The molecule has 124 valence electrons. The van der Waals surface area contributed by atoms with E-state index in [1.165, 1.54) is 6.07 Å². The van der Waals surface area contributed by atoms with Crippen molar-refractivity contribution < 1.29 is 19.0 Å². The van der Waals surface area contributed by atoms with Crippen molar-refractivity contribution in [2.45, 2.75) is 38.0 Å². The lowest BCUT2D eigenvalue weighted by atomic mass is 10.2. The molecule has 1 fully saturated rings. The van der Waals surface area contributed by atoms with E-state index in [2.05, 4.69) is 10.6 Å². The Morgan fingerprint density at radius 3 is 2.86 bits per heavy atom. The van der Waals surface area contributed by atoms with Gasteiger partial charge in [0.05, 0.1) is 18.7 Å². The second kappa shape index (κ2) is 8.92. The monoisotopic (exact) mass is 332 g/mol. The highest BCUT2D eigenvalue weighted by Gasteiger charge is 2.28. The molecule has 3 N–H and O–H groups in total. The SMILES string of the molecule is CCC(CNC(=O)C1CC(O)CN1)Oc1ccccc1F.Cl. The van der Waals surface area contributed by atoms with E-state index in [1.807, 2.05) is 6.92 Å². The highest BCUT2D eigenvalue weighted by atomic mass is 35.5. The van der Waals surface area contributed by atoms with Gasteiger partial charge >= 0.3 is 0 Å². The fourth-order valence-corrected chi connectivity index (χ4v) is 2.24. The van der Waals surface area contributed by atoms with Gasteiger partial charge in [-0.15, -0.1) is 12.4 Å². The number of aliphatic hydroxyl groups excluding tert-OH is 1. The van der Waals surface area contributed by atoms with Crippen LogP contribution in [0.2, 0.25) is 0 Å². The molecule has 3 atom stereocenters. The van der Waals surface area contributed by atoms with Gasteiger partial charge in [0.25, 0.3) is 0 Å². The fraction of sp³-hybridized carbons (Fsp3) is 0.533. The Morgan fingerprint density at radius 1 is 1.55 bits per heavy atom. The number of carbonyl (C=O) groups excluding carboxylic acids is 1. The Morgan fingerprint density at radius 2 is 2.27 bits per heavy atom. The van der Waals surface area contributed by atoms with E-state index >= 15 is 0 Å². The first-order valence-electron chi connectivity index (χ1n) is 7.20. The summed E-state index contributed by atoms with van der Waals surface area (Å²) in [5.74, 6) is -0.391. The second-order valence-electron chi connectivity index (χ2n) is 5.17. The zero-order valence-electron chi connectivity index (χ0n) is 12.4. The number of aliphatic hydroxyl groups is 1. The standard InChI is InChI=1S/C15H21FN2O3.ClH/c1-2-11(21-14-6-4-3-5-12(14)16)9-18-15(20)13-7-10(19)8-17-13;/h3-6,10-11,13,17,19H,2,7-9H2,1H3,(H,18,20);1H. The summed E-state index contributed by atoms with van der Waals surface area (Å²) >= 11 is 0. The topological polar surface area (TPSA) is 70.6 Å². The van der Waals surface area contributed by atoms with Crippen LogP contribution in [0.3, 0.4) is 0 Å². The number of ether oxygens (including phenoxy) is 1. The van der Waals surface area contributed by atoms with Crippen molar-refractivity contribution in [2.24, 2.45) is 0 Å². The van der Waals surface area contributed by atoms with Gasteiger partial charge in [0.1, 0.15) is 6.10 Å². The first-order chi connectivity index (χ1) is 10.1. The zero-order chi connectivity index (χ0) is 15.2. The third-order valence-corrected chi connectivity index (χ3v) is 3.51. The molecule has 5 nitrogen and oxygen atoms in total. The molecular formula is C15H22ClFN2O3. The Hall–Kier alpha value is -1.37. The van der Waals surface area contributed by atoms with Crippen LogP contribution in [0.25, 0.3) is 0 Å². The first-order valence-corrected chi connectivity index (χ1v) is 7.20. The van der Waals surface area contributed by atoms with Crippen molar-refractivity contribution in [3.63, 3.8) is 0 Å². The van der Waals surface area contributed by atoms with Gasteiger partial charge in [-0.05, 0) is 25.0 Å². The third kappa shape index (κ3) is 5.12. The molecular weight excluding hydrogens is 311 g/mol. The molecule has 1 aliphatic heterocycles. The number of para-hydroxylation sites is 1. The Balaban J connectivity index is 0.00000242. The number of β-amino-alcohol motifs (C(OH)–C–C–N with tert-alkyl or cyclic N) is 1. The number of benzene rings is 1. The van der Waals surface area contributed by atoms with Crippen LogP contribution in [0.4, 0.5) is 4.39 Å². The van der Waals surface area contributed by atoms with E-state index in [1.54, 1.807) is 18.2 Å². The van der Waals surface area contributed by atoms with E-state index < -0.39 is 11.9 Å². The molecule has 0 spiro atoms. The Bertz CT molecular complexity index is 490. The zero-order valence-corrected chi connectivity index (χ0v) is 13.2. The van der Waals surface area contributed by atoms with E-state index in [0.717, 1.165) is 0 Å². The summed E-state index contributed by atoms with van der Waals surface area (Å²) in [4.78, 5) is 11.9. The van der Waals surface area contributed by atoms with Gasteiger partial charge in [0, 0.05) is 6.54 Å². The highest BCUT2D eigenvalue weighted by molar-refractivity contribution is 5.85. The molecule has 1 aliphatic rings. The number of rotatable bonds is 6. The molecule has 1 aromatic rings. The summed E-state index contributed by atoms with van der Waals surface area (Å²) in [6.45, 7) is 2.65. The van der Waals surface area contributed by atoms with Crippen LogP contribution in [-0.2, 0) is 4.79 Å². The van der Waals surface area contributed by atoms with Crippen molar-refractivity contribution in [1.29, 1.82) is 0 Å². The lowest BCUT2D eigenvalue weighted by Crippen LogP contribution is -2.44. The molecule has 22 heavy (non-hydrogen) atoms. The number of hydrogen-bond donors (Lipinski definition) is 3. The maximum Gasteiger partial charge on any atom is 0.237 e. The van der Waals surface area contributed by atoms with Gasteiger partial charge in [-0.25, -0.2) is 4.39 Å². The molecule has 0 aromatic heterocycles. The average molecular weight is 333 g/mol. The molecule has 0 bridgehead atoms. The summed E-state index contributed by atoms with van der Waals surface area (Å²) in [7, 11) is 0. The quantitative estimate of drug-likeness (QED) is 0.733. The normalized spacial score (nSPS) is 21.8. The Kier molecular flexibility index (Phi) is 7.58.